The Balaban J connectivity index is 1.29. The Morgan fingerprint density at radius 2 is 1.72 bits per heavy atom. The van der Waals surface area contributed by atoms with E-state index >= 15 is 0 Å². The van der Waals surface area contributed by atoms with Crippen molar-refractivity contribution in [3.05, 3.63) is 29.8 Å². The van der Waals surface area contributed by atoms with Gasteiger partial charge >= 0.3 is 0 Å². The van der Waals surface area contributed by atoms with Crippen LogP contribution in [0.3, 0.4) is 0 Å². The molecule has 1 aliphatic heterocycles. The van der Waals surface area contributed by atoms with Crippen LogP contribution in [0.25, 0.3) is 0 Å². The quantitative estimate of drug-likeness (QED) is 0.845. The molecular weight excluding hydrogens is 364 g/mol. The van der Waals surface area contributed by atoms with Gasteiger partial charge in [0.2, 0.25) is 5.91 Å². The molecule has 1 saturated heterocycles. The molecule has 5 heteroatoms. The molecule has 0 radical (unpaired) electrons. The predicted molar refractivity (Wildman–Crippen MR) is 110 cm³/mol. The average molecular weight is 397 g/mol. The van der Waals surface area contributed by atoms with Crippen molar-refractivity contribution in [1.29, 1.82) is 0 Å². The van der Waals surface area contributed by atoms with Gasteiger partial charge in [0, 0.05) is 20.1 Å². The Labute approximate surface area is 173 Å². The number of phenols is 1. The minimum atomic E-state index is -0.402. The van der Waals surface area contributed by atoms with E-state index in [0.717, 1.165) is 30.7 Å². The maximum absolute atomic E-state index is 13.4. The van der Waals surface area contributed by atoms with E-state index in [0.29, 0.717) is 18.4 Å². The van der Waals surface area contributed by atoms with Crippen LogP contribution in [0, 0.1) is 23.2 Å². The molecule has 5 nitrogen and oxygen atoms in total. The number of amides is 2. The maximum atomic E-state index is 13.4. The first kappa shape index (κ1) is 19.0. The van der Waals surface area contributed by atoms with E-state index < -0.39 is 6.04 Å². The van der Waals surface area contributed by atoms with Crippen LogP contribution in [0.1, 0.15) is 61.7 Å². The normalized spacial score (nSPS) is 35.1. The van der Waals surface area contributed by atoms with Gasteiger partial charge < -0.3 is 14.9 Å². The van der Waals surface area contributed by atoms with Crippen molar-refractivity contribution in [2.75, 3.05) is 20.1 Å². The molecule has 4 bridgehead atoms. The molecule has 4 aliphatic carbocycles. The highest BCUT2D eigenvalue weighted by Crippen LogP contribution is 2.60. The van der Waals surface area contributed by atoms with Gasteiger partial charge in [0.25, 0.3) is 5.91 Å². The fourth-order valence-electron chi connectivity index (χ4n) is 7.39. The molecule has 2 amide bonds. The summed E-state index contributed by atoms with van der Waals surface area (Å²) in [4.78, 5) is 30.0. The first-order valence-corrected chi connectivity index (χ1v) is 11.3. The molecular formula is C24H32N2O3. The van der Waals surface area contributed by atoms with Crippen molar-refractivity contribution in [3.63, 3.8) is 0 Å². The van der Waals surface area contributed by atoms with Crippen molar-refractivity contribution in [1.82, 2.24) is 9.80 Å². The first-order valence-electron chi connectivity index (χ1n) is 11.3. The van der Waals surface area contributed by atoms with Gasteiger partial charge in [-0.15, -0.1) is 0 Å². The molecule has 1 atom stereocenters. The number of para-hydroxylation sites is 1. The number of benzene rings is 1. The average Bonchev–Trinajstić information content (AvgIpc) is 3.15. The van der Waals surface area contributed by atoms with Crippen LogP contribution >= 0.6 is 0 Å². The Bertz CT molecular complexity index is 785. The lowest BCUT2D eigenvalue weighted by Crippen LogP contribution is -2.54. The number of nitrogens with zero attached hydrogens (tertiary/aromatic N) is 2. The molecule has 6 rings (SSSR count). The second kappa shape index (κ2) is 7.03. The topological polar surface area (TPSA) is 60.9 Å². The van der Waals surface area contributed by atoms with E-state index in [2.05, 4.69) is 0 Å². The van der Waals surface area contributed by atoms with Gasteiger partial charge in [-0.05, 0) is 86.7 Å². The van der Waals surface area contributed by atoms with Gasteiger partial charge in [0.15, 0.2) is 0 Å². The third kappa shape index (κ3) is 3.32. The van der Waals surface area contributed by atoms with Crippen LogP contribution in [-0.2, 0) is 4.79 Å². The molecule has 1 unspecified atom stereocenters. The van der Waals surface area contributed by atoms with E-state index in [4.69, 9.17) is 0 Å². The van der Waals surface area contributed by atoms with Crippen molar-refractivity contribution >= 4 is 11.8 Å². The van der Waals surface area contributed by atoms with Crippen molar-refractivity contribution in [2.45, 2.75) is 57.4 Å². The molecule has 4 saturated carbocycles. The fraction of sp³-hybridized carbons (Fsp3) is 0.667. The number of aromatic hydroxyl groups is 1. The van der Waals surface area contributed by atoms with Gasteiger partial charge in [0.05, 0.1) is 5.56 Å². The number of likely N-dealkylation sites (tertiary alicyclic amines) is 1. The molecule has 156 valence electrons. The Morgan fingerprint density at radius 3 is 2.34 bits per heavy atom. The summed E-state index contributed by atoms with van der Waals surface area (Å²) in [5.74, 6) is 2.43. The van der Waals surface area contributed by atoms with Crippen LogP contribution in [-0.4, -0.2) is 52.9 Å². The summed E-state index contributed by atoms with van der Waals surface area (Å²) in [5, 5.41) is 10.1. The lowest BCUT2D eigenvalue weighted by molar-refractivity contribution is -0.139. The zero-order valence-electron chi connectivity index (χ0n) is 17.3. The lowest BCUT2D eigenvalue weighted by atomic mass is 9.49. The molecule has 1 aromatic rings. The summed E-state index contributed by atoms with van der Waals surface area (Å²) in [6.45, 7) is 1.42. The highest BCUT2D eigenvalue weighted by atomic mass is 16.3. The van der Waals surface area contributed by atoms with Crippen LogP contribution in [0.15, 0.2) is 24.3 Å². The lowest BCUT2D eigenvalue weighted by Gasteiger charge is -2.57. The number of carbonyl (C=O) groups excluding carboxylic acids is 2. The van der Waals surface area contributed by atoms with Crippen LogP contribution in [0.5, 0.6) is 5.75 Å². The number of hydrogen-bond acceptors (Lipinski definition) is 3. The smallest absolute Gasteiger partial charge is 0.258 e. The standard InChI is InChI=1S/C24H32N2O3/c1-25(15-24-12-16-9-17(13-24)11-18(10-16)14-24)23(29)20-6-4-8-26(20)22(28)19-5-2-3-7-21(19)27/h2-3,5,7,16-18,20,27H,4,6,8-15H2,1H3. The number of hydrogen-bond donors (Lipinski definition) is 1. The number of rotatable bonds is 4. The van der Waals surface area contributed by atoms with E-state index in [-0.39, 0.29) is 23.1 Å². The van der Waals surface area contributed by atoms with Gasteiger partial charge in [-0.3, -0.25) is 9.59 Å². The van der Waals surface area contributed by atoms with Gasteiger partial charge in [-0.1, -0.05) is 12.1 Å². The molecule has 5 aliphatic rings. The number of carbonyl (C=O) groups is 2. The number of phenolic OH excluding ortho intramolecular Hbond substituents is 1. The number of likely N-dealkylation sites (N-methyl/N-ethyl adjacent to an activating group) is 1. The summed E-state index contributed by atoms with van der Waals surface area (Å²) in [6.07, 6.45) is 9.60. The summed E-state index contributed by atoms with van der Waals surface area (Å²) in [6, 6.07) is 6.22. The molecule has 5 fully saturated rings. The zero-order valence-corrected chi connectivity index (χ0v) is 17.3. The van der Waals surface area contributed by atoms with Gasteiger partial charge in [0.1, 0.15) is 11.8 Å². The molecule has 29 heavy (non-hydrogen) atoms. The maximum Gasteiger partial charge on any atom is 0.258 e. The van der Waals surface area contributed by atoms with Crippen molar-refractivity contribution in [2.24, 2.45) is 23.2 Å². The largest absolute Gasteiger partial charge is 0.507 e. The summed E-state index contributed by atoms with van der Waals surface area (Å²) >= 11 is 0. The van der Waals surface area contributed by atoms with Crippen LogP contribution in [0.4, 0.5) is 0 Å². The van der Waals surface area contributed by atoms with E-state index in [1.807, 2.05) is 11.9 Å². The molecule has 0 spiro atoms. The SMILES string of the molecule is CN(CC12CC3CC(CC(C3)C1)C2)C(=O)C1CCCN1C(=O)c1ccccc1O. The Hall–Kier alpha value is -2.04. The molecule has 0 aromatic heterocycles. The second-order valence-corrected chi connectivity index (χ2v) is 10.3. The van der Waals surface area contributed by atoms with Gasteiger partial charge in [-0.2, -0.15) is 0 Å². The molecule has 1 heterocycles. The second-order valence-electron chi connectivity index (χ2n) is 10.3. The Kier molecular flexibility index (Phi) is 4.60. The molecule has 1 aromatic carbocycles. The summed E-state index contributed by atoms with van der Waals surface area (Å²) in [7, 11) is 1.93. The Morgan fingerprint density at radius 1 is 1.10 bits per heavy atom. The van der Waals surface area contributed by atoms with Crippen LogP contribution in [0.2, 0.25) is 0 Å². The zero-order chi connectivity index (χ0) is 20.2. The minimum Gasteiger partial charge on any atom is -0.507 e. The van der Waals surface area contributed by atoms with E-state index in [1.54, 1.807) is 23.1 Å². The third-order valence-electron chi connectivity index (χ3n) is 8.05. The monoisotopic (exact) mass is 396 g/mol. The summed E-state index contributed by atoms with van der Waals surface area (Å²) < 4.78 is 0. The molecule has 1 N–H and O–H groups in total. The fourth-order valence-corrected chi connectivity index (χ4v) is 7.39. The van der Waals surface area contributed by atoms with E-state index in [9.17, 15) is 14.7 Å². The van der Waals surface area contributed by atoms with Gasteiger partial charge in [-0.25, -0.2) is 0 Å². The van der Waals surface area contributed by atoms with Crippen molar-refractivity contribution < 1.29 is 14.7 Å². The highest BCUT2D eigenvalue weighted by Gasteiger charge is 2.51. The van der Waals surface area contributed by atoms with Crippen molar-refractivity contribution in [3.8, 4) is 5.75 Å². The highest BCUT2D eigenvalue weighted by molar-refractivity contribution is 5.99. The minimum absolute atomic E-state index is 0.0162. The predicted octanol–water partition coefficient (Wildman–Crippen LogP) is 3.67. The van der Waals surface area contributed by atoms with E-state index in [1.165, 1.54) is 44.6 Å². The van der Waals surface area contributed by atoms with Crippen LogP contribution < -0.4 is 0 Å². The third-order valence-corrected chi connectivity index (χ3v) is 8.05. The summed E-state index contributed by atoms with van der Waals surface area (Å²) in [5.41, 5.74) is 0.598. The first-order chi connectivity index (χ1) is 13.9.